The summed E-state index contributed by atoms with van der Waals surface area (Å²) in [5, 5.41) is 11.9. The lowest BCUT2D eigenvalue weighted by molar-refractivity contribution is -0.141. The Hall–Kier alpha value is -3.42. The Labute approximate surface area is 163 Å². The van der Waals surface area contributed by atoms with Crippen molar-refractivity contribution in [1.82, 2.24) is 15.2 Å². The van der Waals surface area contributed by atoms with Crippen LogP contribution in [-0.2, 0) is 16.2 Å². The Morgan fingerprint density at radius 3 is 2.57 bits per heavy atom. The molecule has 0 saturated carbocycles. The number of amides is 2. The number of benzene rings is 1. The van der Waals surface area contributed by atoms with Crippen molar-refractivity contribution in [2.75, 3.05) is 13.1 Å². The van der Waals surface area contributed by atoms with Gasteiger partial charge in [0.25, 0.3) is 5.91 Å². The topological polar surface area (TPSA) is 109 Å². The molecule has 0 bridgehead atoms. The van der Waals surface area contributed by atoms with Crippen molar-refractivity contribution in [2.24, 2.45) is 0 Å². The van der Waals surface area contributed by atoms with Crippen molar-refractivity contribution >= 4 is 17.8 Å². The first-order chi connectivity index (χ1) is 13.4. The van der Waals surface area contributed by atoms with Gasteiger partial charge >= 0.3 is 5.97 Å². The Morgan fingerprint density at radius 2 is 1.93 bits per heavy atom. The summed E-state index contributed by atoms with van der Waals surface area (Å²) in [6.07, 6.45) is 1.44. The molecular weight excluding hydrogens is 362 g/mol. The van der Waals surface area contributed by atoms with Gasteiger partial charge in [-0.15, -0.1) is 0 Å². The summed E-state index contributed by atoms with van der Waals surface area (Å²) >= 11 is 0. The monoisotopic (exact) mass is 385 g/mol. The zero-order chi connectivity index (χ0) is 20.5. The van der Waals surface area contributed by atoms with Crippen LogP contribution in [0.1, 0.15) is 29.8 Å². The van der Waals surface area contributed by atoms with Gasteiger partial charge in [0.1, 0.15) is 12.6 Å². The summed E-state index contributed by atoms with van der Waals surface area (Å²) in [5.74, 6) is -1.60. The summed E-state index contributed by atoms with van der Waals surface area (Å²) in [7, 11) is 0. The fraction of sp³-hybridized carbons (Fsp3) is 0.300. The molecule has 2 amide bonds. The van der Waals surface area contributed by atoms with E-state index in [1.165, 1.54) is 37.1 Å². The van der Waals surface area contributed by atoms with Crippen LogP contribution in [0.15, 0.2) is 48.7 Å². The summed E-state index contributed by atoms with van der Waals surface area (Å²) in [5.41, 5.74) is 1.21. The third-order valence-electron chi connectivity index (χ3n) is 4.02. The minimum atomic E-state index is -1.13. The normalized spacial score (nSPS) is 11.4. The summed E-state index contributed by atoms with van der Waals surface area (Å²) in [4.78, 5) is 40.6. The van der Waals surface area contributed by atoms with Crippen molar-refractivity contribution in [2.45, 2.75) is 26.5 Å². The first-order valence-electron chi connectivity index (χ1n) is 8.79. The molecule has 0 spiro atoms. The second-order valence-electron chi connectivity index (χ2n) is 6.15. The van der Waals surface area contributed by atoms with Gasteiger partial charge in [-0.1, -0.05) is 30.3 Å². The third-order valence-corrected chi connectivity index (χ3v) is 4.02. The molecule has 1 heterocycles. The predicted molar refractivity (Wildman–Crippen MR) is 102 cm³/mol. The zero-order valence-electron chi connectivity index (χ0n) is 15.8. The molecule has 1 aromatic carbocycles. The van der Waals surface area contributed by atoms with E-state index < -0.39 is 17.9 Å². The lowest BCUT2D eigenvalue weighted by atomic mass is 10.2. The number of aromatic nitrogens is 1. The van der Waals surface area contributed by atoms with Crippen molar-refractivity contribution in [1.29, 1.82) is 0 Å². The fourth-order valence-corrected chi connectivity index (χ4v) is 2.48. The molecular formula is C20H23N3O5. The van der Waals surface area contributed by atoms with Gasteiger partial charge in [-0.2, -0.15) is 0 Å². The standard InChI is InChI=1S/C20H23N3O5/c1-14(20(26)27)23(11-10-21-15(2)24)19(25)17-8-9-22-18(12-17)28-13-16-6-4-3-5-7-16/h3-9,12,14H,10-11,13H2,1-2H3,(H,21,24)(H,26,27). The van der Waals surface area contributed by atoms with E-state index in [1.807, 2.05) is 30.3 Å². The summed E-state index contributed by atoms with van der Waals surface area (Å²) in [6.45, 7) is 3.28. The second-order valence-corrected chi connectivity index (χ2v) is 6.15. The number of pyridine rings is 1. The molecule has 2 N–H and O–H groups in total. The van der Waals surface area contributed by atoms with E-state index in [2.05, 4.69) is 10.3 Å². The average Bonchev–Trinajstić information content (AvgIpc) is 2.69. The van der Waals surface area contributed by atoms with Gasteiger partial charge in [0, 0.05) is 37.8 Å². The highest BCUT2D eigenvalue weighted by atomic mass is 16.5. The number of carboxylic acids is 1. The third kappa shape index (κ3) is 6.08. The molecule has 1 aromatic heterocycles. The lowest BCUT2D eigenvalue weighted by Gasteiger charge is -2.26. The van der Waals surface area contributed by atoms with E-state index in [0.717, 1.165) is 5.56 Å². The van der Waals surface area contributed by atoms with Gasteiger partial charge < -0.3 is 20.1 Å². The first kappa shape index (κ1) is 20.9. The molecule has 2 aromatic rings. The van der Waals surface area contributed by atoms with Crippen LogP contribution in [0.2, 0.25) is 0 Å². The van der Waals surface area contributed by atoms with Crippen LogP contribution in [0.25, 0.3) is 0 Å². The van der Waals surface area contributed by atoms with Crippen LogP contribution in [0, 0.1) is 0 Å². The largest absolute Gasteiger partial charge is 0.480 e. The van der Waals surface area contributed by atoms with Gasteiger partial charge in [-0.25, -0.2) is 9.78 Å². The van der Waals surface area contributed by atoms with Crippen molar-refractivity contribution in [3.8, 4) is 5.88 Å². The summed E-state index contributed by atoms with van der Waals surface area (Å²) in [6, 6.07) is 11.4. The highest BCUT2D eigenvalue weighted by Crippen LogP contribution is 2.15. The van der Waals surface area contributed by atoms with Crippen molar-refractivity contribution < 1.29 is 24.2 Å². The number of ether oxygens (including phenoxy) is 1. The van der Waals surface area contributed by atoms with Gasteiger partial charge in [-0.05, 0) is 18.6 Å². The van der Waals surface area contributed by atoms with Gasteiger partial charge in [0.15, 0.2) is 0 Å². The maximum atomic E-state index is 12.9. The van der Waals surface area contributed by atoms with E-state index in [1.54, 1.807) is 0 Å². The molecule has 1 atom stereocenters. The molecule has 0 radical (unpaired) electrons. The highest BCUT2D eigenvalue weighted by molar-refractivity contribution is 5.96. The van der Waals surface area contributed by atoms with Crippen molar-refractivity contribution in [3.05, 3.63) is 59.8 Å². The smallest absolute Gasteiger partial charge is 0.326 e. The van der Waals surface area contributed by atoms with E-state index in [4.69, 9.17) is 4.74 Å². The minimum absolute atomic E-state index is 0.0639. The van der Waals surface area contributed by atoms with Crippen LogP contribution in [0.3, 0.4) is 0 Å². The van der Waals surface area contributed by atoms with Gasteiger partial charge in [-0.3, -0.25) is 9.59 Å². The minimum Gasteiger partial charge on any atom is -0.480 e. The fourth-order valence-electron chi connectivity index (χ4n) is 2.48. The van der Waals surface area contributed by atoms with E-state index >= 15 is 0 Å². The molecule has 2 rings (SSSR count). The molecule has 8 nitrogen and oxygen atoms in total. The second kappa shape index (κ2) is 10.1. The number of hydrogen-bond acceptors (Lipinski definition) is 5. The molecule has 0 aliphatic carbocycles. The van der Waals surface area contributed by atoms with Crippen LogP contribution in [0.5, 0.6) is 5.88 Å². The maximum absolute atomic E-state index is 12.9. The Morgan fingerprint density at radius 1 is 1.21 bits per heavy atom. The Balaban J connectivity index is 2.11. The van der Waals surface area contributed by atoms with Crippen LogP contribution < -0.4 is 10.1 Å². The number of carbonyl (C=O) groups is 3. The molecule has 8 heteroatoms. The molecule has 0 aliphatic heterocycles. The lowest BCUT2D eigenvalue weighted by Crippen LogP contribution is -2.46. The number of carbonyl (C=O) groups excluding carboxylic acids is 2. The first-order valence-corrected chi connectivity index (χ1v) is 8.79. The van der Waals surface area contributed by atoms with Crippen LogP contribution in [0.4, 0.5) is 0 Å². The van der Waals surface area contributed by atoms with E-state index in [9.17, 15) is 19.5 Å². The number of carboxylic acid groups (broad SMARTS) is 1. The number of rotatable bonds is 9. The molecule has 1 unspecified atom stereocenters. The van der Waals surface area contributed by atoms with Gasteiger partial charge in [0.05, 0.1) is 0 Å². The Kier molecular flexibility index (Phi) is 7.50. The SMILES string of the molecule is CC(=O)NCCN(C(=O)c1ccnc(OCc2ccccc2)c1)C(C)C(=O)O. The number of hydrogen-bond donors (Lipinski definition) is 2. The summed E-state index contributed by atoms with van der Waals surface area (Å²) < 4.78 is 5.63. The molecule has 0 fully saturated rings. The number of aliphatic carboxylic acids is 1. The van der Waals surface area contributed by atoms with E-state index in [0.29, 0.717) is 6.61 Å². The number of nitrogens with zero attached hydrogens (tertiary/aromatic N) is 2. The molecule has 0 saturated heterocycles. The average molecular weight is 385 g/mol. The predicted octanol–water partition coefficient (Wildman–Crippen LogP) is 1.71. The molecule has 148 valence electrons. The Bertz CT molecular complexity index is 826. The number of nitrogens with one attached hydrogen (secondary N) is 1. The van der Waals surface area contributed by atoms with E-state index in [-0.39, 0.29) is 30.4 Å². The maximum Gasteiger partial charge on any atom is 0.326 e. The van der Waals surface area contributed by atoms with Gasteiger partial charge in [0.2, 0.25) is 11.8 Å². The van der Waals surface area contributed by atoms with Crippen molar-refractivity contribution in [3.63, 3.8) is 0 Å². The zero-order valence-corrected chi connectivity index (χ0v) is 15.8. The quantitative estimate of drug-likeness (QED) is 0.680. The van der Waals surface area contributed by atoms with Crippen LogP contribution >= 0.6 is 0 Å². The molecule has 28 heavy (non-hydrogen) atoms. The molecule has 0 aliphatic rings. The van der Waals surface area contributed by atoms with Crippen LogP contribution in [-0.4, -0.2) is 51.9 Å². The highest BCUT2D eigenvalue weighted by Gasteiger charge is 2.26.